The second-order valence-electron chi connectivity index (χ2n) is 6.49. The monoisotopic (exact) mass is 340 g/mol. The number of hydrogen-bond donors (Lipinski definition) is 1. The smallest absolute Gasteiger partial charge is 0.266 e. The molecular formula is C19H20N2O2S. The molecule has 1 N–H and O–H groups in total. The molecule has 2 aromatic carbocycles. The summed E-state index contributed by atoms with van der Waals surface area (Å²) < 4.78 is 1.62. The molecule has 3 aromatic rings. The van der Waals surface area contributed by atoms with Gasteiger partial charge in [0.1, 0.15) is 0 Å². The Morgan fingerprint density at radius 3 is 2.46 bits per heavy atom. The number of benzene rings is 2. The van der Waals surface area contributed by atoms with Crippen LogP contribution in [0, 0.1) is 6.92 Å². The van der Waals surface area contributed by atoms with Gasteiger partial charge in [0.25, 0.3) is 5.56 Å². The number of aliphatic hydroxyl groups is 1. The van der Waals surface area contributed by atoms with E-state index < -0.39 is 5.60 Å². The van der Waals surface area contributed by atoms with Gasteiger partial charge >= 0.3 is 0 Å². The van der Waals surface area contributed by atoms with E-state index in [4.69, 9.17) is 0 Å². The number of aromatic nitrogens is 2. The van der Waals surface area contributed by atoms with Crippen molar-refractivity contribution in [3.63, 3.8) is 0 Å². The average molecular weight is 340 g/mol. The summed E-state index contributed by atoms with van der Waals surface area (Å²) in [5.74, 6) is 0.448. The molecule has 4 nitrogen and oxygen atoms in total. The van der Waals surface area contributed by atoms with Crippen LogP contribution >= 0.6 is 11.8 Å². The summed E-state index contributed by atoms with van der Waals surface area (Å²) in [5, 5.41) is 11.2. The molecule has 1 aromatic heterocycles. The molecule has 0 spiro atoms. The normalized spacial score (nSPS) is 11.8. The summed E-state index contributed by atoms with van der Waals surface area (Å²) in [6, 6.07) is 15.1. The lowest BCUT2D eigenvalue weighted by atomic mass is 10.2. The molecule has 0 aliphatic carbocycles. The zero-order valence-corrected chi connectivity index (χ0v) is 14.8. The van der Waals surface area contributed by atoms with Crippen molar-refractivity contribution >= 4 is 22.7 Å². The van der Waals surface area contributed by atoms with Gasteiger partial charge in [0.2, 0.25) is 0 Å². The van der Waals surface area contributed by atoms with Crippen molar-refractivity contribution in [2.75, 3.05) is 5.75 Å². The Kier molecular flexibility index (Phi) is 4.47. The molecule has 0 aliphatic rings. The second-order valence-corrected chi connectivity index (χ2v) is 7.43. The third-order valence-corrected chi connectivity index (χ3v) is 4.97. The minimum absolute atomic E-state index is 0.0947. The minimum Gasteiger partial charge on any atom is -0.390 e. The quantitative estimate of drug-likeness (QED) is 0.583. The first-order chi connectivity index (χ1) is 11.3. The molecule has 124 valence electrons. The van der Waals surface area contributed by atoms with E-state index in [1.54, 1.807) is 24.5 Å². The van der Waals surface area contributed by atoms with Crippen LogP contribution in [0.15, 0.2) is 58.5 Å². The lowest BCUT2D eigenvalue weighted by molar-refractivity contribution is 0.107. The molecule has 0 unspecified atom stereocenters. The van der Waals surface area contributed by atoms with Crippen LogP contribution in [0.1, 0.15) is 19.4 Å². The molecule has 0 radical (unpaired) electrons. The van der Waals surface area contributed by atoms with Crippen LogP contribution in [-0.4, -0.2) is 26.0 Å². The molecule has 0 bridgehead atoms. The summed E-state index contributed by atoms with van der Waals surface area (Å²) in [6.07, 6.45) is 0. The van der Waals surface area contributed by atoms with E-state index in [9.17, 15) is 9.90 Å². The van der Waals surface area contributed by atoms with Crippen LogP contribution in [0.2, 0.25) is 0 Å². The molecule has 24 heavy (non-hydrogen) atoms. The predicted octanol–water partition coefficient (Wildman–Crippen LogP) is 3.56. The van der Waals surface area contributed by atoms with E-state index in [0.717, 1.165) is 11.3 Å². The number of rotatable bonds is 4. The van der Waals surface area contributed by atoms with E-state index >= 15 is 0 Å². The molecule has 0 aliphatic heterocycles. The molecule has 0 fully saturated rings. The molecule has 0 saturated carbocycles. The fourth-order valence-corrected chi connectivity index (χ4v) is 3.33. The Balaban J connectivity index is 2.21. The number of thioether (sulfide) groups is 1. The van der Waals surface area contributed by atoms with E-state index in [0.29, 0.717) is 21.8 Å². The molecule has 0 amide bonds. The lowest BCUT2D eigenvalue weighted by Crippen LogP contribution is -2.25. The summed E-state index contributed by atoms with van der Waals surface area (Å²) in [5.41, 5.74) is 1.65. The van der Waals surface area contributed by atoms with Gasteiger partial charge in [-0.3, -0.25) is 9.36 Å². The maximum Gasteiger partial charge on any atom is 0.266 e. The first kappa shape index (κ1) is 16.7. The van der Waals surface area contributed by atoms with Crippen LogP contribution in [0.25, 0.3) is 16.6 Å². The summed E-state index contributed by atoms with van der Waals surface area (Å²) in [7, 11) is 0. The third kappa shape index (κ3) is 3.52. The molecule has 0 saturated heterocycles. The van der Waals surface area contributed by atoms with Gasteiger partial charge < -0.3 is 5.11 Å². The zero-order valence-electron chi connectivity index (χ0n) is 14.0. The topological polar surface area (TPSA) is 55.1 Å². The third-order valence-electron chi connectivity index (χ3n) is 3.59. The van der Waals surface area contributed by atoms with Crippen LogP contribution in [-0.2, 0) is 0 Å². The van der Waals surface area contributed by atoms with Gasteiger partial charge in [-0.2, -0.15) is 0 Å². The van der Waals surface area contributed by atoms with Gasteiger partial charge in [0.15, 0.2) is 5.16 Å². The van der Waals surface area contributed by atoms with Crippen molar-refractivity contribution in [3.8, 4) is 5.69 Å². The van der Waals surface area contributed by atoms with Gasteiger partial charge in [0.05, 0.1) is 22.2 Å². The first-order valence-corrected chi connectivity index (χ1v) is 8.78. The van der Waals surface area contributed by atoms with Crippen LogP contribution < -0.4 is 5.56 Å². The molecule has 3 rings (SSSR count). The number of nitrogens with zero attached hydrogens (tertiary/aromatic N) is 2. The van der Waals surface area contributed by atoms with Crippen molar-refractivity contribution in [1.82, 2.24) is 9.55 Å². The Bertz CT molecular complexity index is 925. The van der Waals surface area contributed by atoms with Crippen LogP contribution in [0.5, 0.6) is 0 Å². The average Bonchev–Trinajstić information content (AvgIpc) is 2.54. The van der Waals surface area contributed by atoms with E-state index in [2.05, 4.69) is 4.98 Å². The highest BCUT2D eigenvalue weighted by molar-refractivity contribution is 7.99. The molecular weight excluding hydrogens is 320 g/mol. The second kappa shape index (κ2) is 6.42. The van der Waals surface area contributed by atoms with Crippen LogP contribution in [0.4, 0.5) is 0 Å². The number of aryl methyl sites for hydroxylation is 1. The van der Waals surface area contributed by atoms with Crippen molar-refractivity contribution in [2.24, 2.45) is 0 Å². The molecule has 1 heterocycles. The minimum atomic E-state index is -0.841. The lowest BCUT2D eigenvalue weighted by Gasteiger charge is -2.18. The summed E-state index contributed by atoms with van der Waals surface area (Å²) in [4.78, 5) is 17.7. The fourth-order valence-electron chi connectivity index (χ4n) is 2.37. The Labute approximate surface area is 145 Å². The summed E-state index contributed by atoms with van der Waals surface area (Å²) in [6.45, 7) is 5.50. The van der Waals surface area contributed by atoms with Crippen molar-refractivity contribution in [2.45, 2.75) is 31.5 Å². The van der Waals surface area contributed by atoms with E-state index in [-0.39, 0.29) is 5.56 Å². The highest BCUT2D eigenvalue weighted by Crippen LogP contribution is 2.24. The standard InChI is InChI=1S/C19H20N2O2S/c1-13-8-10-14(11-9-13)21-17(22)15-6-4-5-7-16(15)20-18(21)24-12-19(2,3)23/h4-11,23H,12H2,1-3H3. The number of fused-ring (bicyclic) bond motifs is 1. The zero-order chi connectivity index (χ0) is 17.3. The first-order valence-electron chi connectivity index (χ1n) is 7.79. The number of para-hydroxylation sites is 1. The highest BCUT2D eigenvalue weighted by atomic mass is 32.2. The Hall–Kier alpha value is -2.11. The van der Waals surface area contributed by atoms with Crippen molar-refractivity contribution in [1.29, 1.82) is 0 Å². The predicted molar refractivity (Wildman–Crippen MR) is 99.1 cm³/mol. The summed E-state index contributed by atoms with van der Waals surface area (Å²) >= 11 is 1.38. The van der Waals surface area contributed by atoms with Gasteiger partial charge in [0, 0.05) is 5.75 Å². The Morgan fingerprint density at radius 2 is 1.79 bits per heavy atom. The highest BCUT2D eigenvalue weighted by Gasteiger charge is 2.18. The molecule has 5 heteroatoms. The fraction of sp³-hybridized carbons (Fsp3) is 0.263. The molecule has 0 atom stereocenters. The van der Waals surface area contributed by atoms with Crippen molar-refractivity contribution < 1.29 is 5.11 Å². The van der Waals surface area contributed by atoms with Gasteiger partial charge in [-0.15, -0.1) is 0 Å². The number of hydrogen-bond acceptors (Lipinski definition) is 4. The van der Waals surface area contributed by atoms with Gasteiger partial charge in [-0.1, -0.05) is 41.6 Å². The van der Waals surface area contributed by atoms with E-state index in [1.165, 1.54) is 11.8 Å². The maximum absolute atomic E-state index is 13.0. The SMILES string of the molecule is Cc1ccc(-n2c(SCC(C)(C)O)nc3ccccc3c2=O)cc1. The largest absolute Gasteiger partial charge is 0.390 e. The van der Waals surface area contributed by atoms with Gasteiger partial charge in [-0.25, -0.2) is 4.98 Å². The van der Waals surface area contributed by atoms with Crippen molar-refractivity contribution in [3.05, 3.63) is 64.4 Å². The van der Waals surface area contributed by atoms with Gasteiger partial charge in [-0.05, 0) is 45.0 Å². The van der Waals surface area contributed by atoms with Crippen LogP contribution in [0.3, 0.4) is 0 Å². The Morgan fingerprint density at radius 1 is 1.12 bits per heavy atom. The maximum atomic E-state index is 13.0. The van der Waals surface area contributed by atoms with E-state index in [1.807, 2.05) is 49.4 Å².